The van der Waals surface area contributed by atoms with Gasteiger partial charge in [0, 0.05) is 19.6 Å². The minimum Gasteiger partial charge on any atom is -0.406 e. The van der Waals surface area contributed by atoms with Crippen molar-refractivity contribution in [3.05, 3.63) is 52.0 Å². The standard InChI is InChI=1S/C18H16F4N4O3/c19-14-2-1-12(29-18(20,21)22)7-10(14)8-15-24-16-13(17(27)25-15)9-23-26(16)11-3-5-28-6-4-11/h1-2,7,9,11H,3-6,8H2,(H,24,25,27). The molecule has 1 aliphatic rings. The quantitative estimate of drug-likeness (QED) is 0.666. The number of aromatic amines is 1. The van der Waals surface area contributed by atoms with Crippen LogP contribution < -0.4 is 10.3 Å². The number of nitrogens with one attached hydrogen (secondary N) is 1. The van der Waals surface area contributed by atoms with Gasteiger partial charge >= 0.3 is 6.36 Å². The van der Waals surface area contributed by atoms with Crippen molar-refractivity contribution in [2.75, 3.05) is 13.2 Å². The lowest BCUT2D eigenvalue weighted by Gasteiger charge is -2.22. The van der Waals surface area contributed by atoms with Crippen molar-refractivity contribution in [3.8, 4) is 5.75 Å². The summed E-state index contributed by atoms with van der Waals surface area (Å²) in [6, 6.07) is 2.71. The Labute approximate surface area is 161 Å². The number of benzene rings is 1. The van der Waals surface area contributed by atoms with Crippen LogP contribution in [0.5, 0.6) is 5.75 Å². The fourth-order valence-electron chi connectivity index (χ4n) is 3.33. The highest BCUT2D eigenvalue weighted by Crippen LogP contribution is 2.26. The summed E-state index contributed by atoms with van der Waals surface area (Å²) in [4.78, 5) is 19.3. The lowest BCUT2D eigenvalue weighted by molar-refractivity contribution is -0.274. The Morgan fingerprint density at radius 1 is 1.28 bits per heavy atom. The Balaban J connectivity index is 1.68. The molecule has 0 saturated carbocycles. The van der Waals surface area contributed by atoms with Gasteiger partial charge in [0.1, 0.15) is 22.8 Å². The highest BCUT2D eigenvalue weighted by molar-refractivity contribution is 5.73. The molecule has 3 heterocycles. The smallest absolute Gasteiger partial charge is 0.406 e. The van der Waals surface area contributed by atoms with Gasteiger partial charge < -0.3 is 14.5 Å². The lowest BCUT2D eigenvalue weighted by Crippen LogP contribution is -2.21. The molecule has 154 valence electrons. The molecule has 7 nitrogen and oxygen atoms in total. The van der Waals surface area contributed by atoms with Crippen LogP contribution in [-0.4, -0.2) is 39.3 Å². The number of nitrogens with zero attached hydrogens (tertiary/aromatic N) is 3. The molecule has 3 aromatic rings. The number of hydrogen-bond acceptors (Lipinski definition) is 5. The normalized spacial score (nSPS) is 15.7. The first-order valence-electron chi connectivity index (χ1n) is 8.88. The molecule has 4 rings (SSSR count). The van der Waals surface area contributed by atoms with E-state index >= 15 is 0 Å². The number of rotatable bonds is 4. The third kappa shape index (κ3) is 4.24. The maximum atomic E-state index is 14.1. The van der Waals surface area contributed by atoms with Gasteiger partial charge in [-0.25, -0.2) is 14.1 Å². The second-order valence-corrected chi connectivity index (χ2v) is 6.66. The minimum absolute atomic E-state index is 0.0173. The van der Waals surface area contributed by atoms with E-state index in [0.717, 1.165) is 18.2 Å². The van der Waals surface area contributed by atoms with Gasteiger partial charge in [0.25, 0.3) is 5.56 Å². The molecule has 2 aromatic heterocycles. The Bertz CT molecular complexity index is 1090. The average Bonchev–Trinajstić information content (AvgIpc) is 3.08. The Morgan fingerprint density at radius 3 is 2.76 bits per heavy atom. The van der Waals surface area contributed by atoms with Crippen LogP contribution in [0.1, 0.15) is 30.3 Å². The fourth-order valence-corrected chi connectivity index (χ4v) is 3.33. The molecule has 0 radical (unpaired) electrons. The van der Waals surface area contributed by atoms with Gasteiger partial charge in [-0.15, -0.1) is 13.2 Å². The van der Waals surface area contributed by atoms with Crippen molar-refractivity contribution in [1.29, 1.82) is 0 Å². The van der Waals surface area contributed by atoms with E-state index in [1.165, 1.54) is 6.20 Å². The van der Waals surface area contributed by atoms with Gasteiger partial charge in [-0.1, -0.05) is 0 Å². The summed E-state index contributed by atoms with van der Waals surface area (Å²) in [5, 5.41) is 4.55. The van der Waals surface area contributed by atoms with E-state index in [4.69, 9.17) is 4.74 Å². The highest BCUT2D eigenvalue weighted by atomic mass is 19.4. The Morgan fingerprint density at radius 2 is 2.03 bits per heavy atom. The van der Waals surface area contributed by atoms with Crippen molar-refractivity contribution < 1.29 is 27.0 Å². The second-order valence-electron chi connectivity index (χ2n) is 6.66. The van der Waals surface area contributed by atoms with Crippen LogP contribution >= 0.6 is 0 Å². The topological polar surface area (TPSA) is 82.0 Å². The number of fused-ring (bicyclic) bond motifs is 1. The van der Waals surface area contributed by atoms with Crippen LogP contribution in [0, 0.1) is 5.82 Å². The maximum Gasteiger partial charge on any atom is 0.573 e. The van der Waals surface area contributed by atoms with Gasteiger partial charge in [0.2, 0.25) is 0 Å². The number of halogens is 4. The first-order chi connectivity index (χ1) is 13.8. The van der Waals surface area contributed by atoms with E-state index in [2.05, 4.69) is 19.8 Å². The third-order valence-electron chi connectivity index (χ3n) is 4.66. The molecule has 1 aliphatic heterocycles. The molecule has 1 aromatic carbocycles. The van der Waals surface area contributed by atoms with Gasteiger partial charge in [-0.2, -0.15) is 5.10 Å². The monoisotopic (exact) mass is 412 g/mol. The average molecular weight is 412 g/mol. The number of ether oxygens (including phenoxy) is 2. The molecule has 11 heteroatoms. The molecule has 1 N–H and O–H groups in total. The van der Waals surface area contributed by atoms with Crippen LogP contribution in [0.3, 0.4) is 0 Å². The number of hydrogen-bond donors (Lipinski definition) is 1. The molecule has 1 saturated heterocycles. The zero-order valence-corrected chi connectivity index (χ0v) is 15.0. The number of H-pyrrole nitrogens is 1. The molecule has 29 heavy (non-hydrogen) atoms. The SMILES string of the molecule is O=c1[nH]c(Cc2cc(OC(F)(F)F)ccc2F)nc2c1cnn2C1CCOCC1. The molecular formula is C18H16F4N4O3. The lowest BCUT2D eigenvalue weighted by atomic mass is 10.1. The van der Waals surface area contributed by atoms with Crippen molar-refractivity contribution in [1.82, 2.24) is 19.7 Å². The molecule has 0 spiro atoms. The number of alkyl halides is 3. The van der Waals surface area contributed by atoms with E-state index in [1.54, 1.807) is 4.68 Å². The van der Waals surface area contributed by atoms with E-state index in [-0.39, 0.29) is 29.2 Å². The van der Waals surface area contributed by atoms with Gasteiger partial charge in [-0.3, -0.25) is 4.79 Å². The fraction of sp³-hybridized carbons (Fsp3) is 0.389. The van der Waals surface area contributed by atoms with Gasteiger partial charge in [0.05, 0.1) is 12.2 Å². The van der Waals surface area contributed by atoms with E-state index in [1.807, 2.05) is 0 Å². The van der Waals surface area contributed by atoms with Crippen molar-refractivity contribution in [3.63, 3.8) is 0 Å². The Kier molecular flexibility index (Phi) is 4.99. The van der Waals surface area contributed by atoms with E-state index < -0.39 is 23.5 Å². The predicted molar refractivity (Wildman–Crippen MR) is 93.1 cm³/mol. The highest BCUT2D eigenvalue weighted by Gasteiger charge is 2.31. The zero-order valence-electron chi connectivity index (χ0n) is 15.0. The van der Waals surface area contributed by atoms with Gasteiger partial charge in [-0.05, 0) is 36.6 Å². The predicted octanol–water partition coefficient (Wildman–Crippen LogP) is 3.10. The summed E-state index contributed by atoms with van der Waals surface area (Å²) < 4.78 is 62.2. The van der Waals surface area contributed by atoms with Crippen molar-refractivity contribution in [2.24, 2.45) is 0 Å². The van der Waals surface area contributed by atoms with Crippen LogP contribution in [0.2, 0.25) is 0 Å². The molecule has 0 aliphatic carbocycles. The van der Waals surface area contributed by atoms with Crippen molar-refractivity contribution >= 4 is 11.0 Å². The molecule has 0 bridgehead atoms. The minimum atomic E-state index is -4.89. The van der Waals surface area contributed by atoms with Crippen LogP contribution in [0.15, 0.2) is 29.2 Å². The van der Waals surface area contributed by atoms with E-state index in [9.17, 15) is 22.4 Å². The summed E-state index contributed by atoms with van der Waals surface area (Å²) in [6.45, 7) is 1.14. The van der Waals surface area contributed by atoms with Crippen LogP contribution in [0.4, 0.5) is 17.6 Å². The summed E-state index contributed by atoms with van der Waals surface area (Å²) in [7, 11) is 0. The second kappa shape index (κ2) is 7.47. The van der Waals surface area contributed by atoms with Crippen LogP contribution in [-0.2, 0) is 11.2 Å². The summed E-state index contributed by atoms with van der Waals surface area (Å²) in [5.74, 6) is -1.18. The molecular weight excluding hydrogens is 396 g/mol. The third-order valence-corrected chi connectivity index (χ3v) is 4.66. The largest absolute Gasteiger partial charge is 0.573 e. The molecule has 0 atom stereocenters. The molecule has 1 fully saturated rings. The number of aromatic nitrogens is 4. The zero-order chi connectivity index (χ0) is 20.6. The Hall–Kier alpha value is -2.95. The molecule has 0 unspecified atom stereocenters. The van der Waals surface area contributed by atoms with Gasteiger partial charge in [0.15, 0.2) is 5.65 Å². The van der Waals surface area contributed by atoms with Crippen LogP contribution in [0.25, 0.3) is 11.0 Å². The summed E-state index contributed by atoms with van der Waals surface area (Å²) >= 11 is 0. The molecule has 0 amide bonds. The first-order valence-corrected chi connectivity index (χ1v) is 8.88. The maximum absolute atomic E-state index is 14.1. The first kappa shape index (κ1) is 19.4. The summed E-state index contributed by atoms with van der Waals surface area (Å²) in [6.07, 6.45) is -2.27. The van der Waals surface area contributed by atoms with E-state index in [0.29, 0.717) is 31.7 Å². The van der Waals surface area contributed by atoms with Crippen molar-refractivity contribution in [2.45, 2.75) is 31.7 Å². The summed E-state index contributed by atoms with van der Waals surface area (Å²) in [5.41, 5.74) is -0.198.